The number of ether oxygens (including phenoxy) is 3. The average molecular weight is 349 g/mol. The van der Waals surface area contributed by atoms with Gasteiger partial charge in [-0.1, -0.05) is 12.1 Å². The molecule has 0 aliphatic carbocycles. The third kappa shape index (κ3) is 6.55. The van der Waals surface area contributed by atoms with Crippen LogP contribution in [0.2, 0.25) is 0 Å². The van der Waals surface area contributed by atoms with Gasteiger partial charge in [0.1, 0.15) is 5.75 Å². The third-order valence-electron chi connectivity index (χ3n) is 4.41. The zero-order valence-electron chi connectivity index (χ0n) is 15.7. The Kier molecular flexibility index (Phi) is 8.55. The van der Waals surface area contributed by atoms with Gasteiger partial charge in [0, 0.05) is 39.7 Å². The number of likely N-dealkylation sites (tertiary alicyclic amines) is 1. The highest BCUT2D eigenvalue weighted by atomic mass is 16.5. The largest absolute Gasteiger partial charge is 0.497 e. The Bertz CT molecular complexity index is 536. The van der Waals surface area contributed by atoms with Crippen LogP contribution in [0.4, 0.5) is 0 Å². The SMILES string of the molecule is CN=C(NCCc1cccc(OC)c1)N1CCC(COCCOC)C1. The molecule has 1 fully saturated rings. The van der Waals surface area contributed by atoms with Gasteiger partial charge in [0.2, 0.25) is 0 Å². The molecule has 1 aliphatic heterocycles. The van der Waals surface area contributed by atoms with Crippen molar-refractivity contribution in [1.82, 2.24) is 10.2 Å². The van der Waals surface area contributed by atoms with Gasteiger partial charge in [0.15, 0.2) is 5.96 Å². The highest BCUT2D eigenvalue weighted by Crippen LogP contribution is 2.17. The second-order valence-electron chi connectivity index (χ2n) is 6.24. The highest BCUT2D eigenvalue weighted by Gasteiger charge is 2.24. The van der Waals surface area contributed by atoms with Crippen molar-refractivity contribution in [3.8, 4) is 5.75 Å². The van der Waals surface area contributed by atoms with E-state index >= 15 is 0 Å². The molecule has 6 nitrogen and oxygen atoms in total. The maximum absolute atomic E-state index is 5.66. The molecule has 1 saturated heterocycles. The van der Waals surface area contributed by atoms with E-state index in [2.05, 4.69) is 27.3 Å². The predicted octanol–water partition coefficient (Wildman–Crippen LogP) is 1.80. The summed E-state index contributed by atoms with van der Waals surface area (Å²) in [7, 11) is 5.24. The van der Waals surface area contributed by atoms with Crippen LogP contribution in [0.5, 0.6) is 5.75 Å². The molecule has 0 aromatic heterocycles. The first-order chi connectivity index (χ1) is 12.3. The Morgan fingerprint density at radius 2 is 2.20 bits per heavy atom. The molecule has 1 aromatic rings. The summed E-state index contributed by atoms with van der Waals surface area (Å²) in [6.45, 7) is 4.99. The van der Waals surface area contributed by atoms with Crippen molar-refractivity contribution in [2.75, 3.05) is 60.7 Å². The van der Waals surface area contributed by atoms with Gasteiger partial charge < -0.3 is 24.4 Å². The lowest BCUT2D eigenvalue weighted by Crippen LogP contribution is -2.41. The number of guanidine groups is 1. The number of methoxy groups -OCH3 is 2. The van der Waals surface area contributed by atoms with E-state index < -0.39 is 0 Å². The van der Waals surface area contributed by atoms with Crippen molar-refractivity contribution in [3.05, 3.63) is 29.8 Å². The average Bonchev–Trinajstić information content (AvgIpc) is 3.11. The van der Waals surface area contributed by atoms with Gasteiger partial charge >= 0.3 is 0 Å². The summed E-state index contributed by atoms with van der Waals surface area (Å²) in [4.78, 5) is 6.74. The zero-order valence-corrected chi connectivity index (χ0v) is 15.7. The Morgan fingerprint density at radius 3 is 2.96 bits per heavy atom. The topological polar surface area (TPSA) is 55.3 Å². The lowest BCUT2D eigenvalue weighted by Gasteiger charge is -2.21. The van der Waals surface area contributed by atoms with E-state index in [1.165, 1.54) is 5.56 Å². The normalized spacial score (nSPS) is 17.8. The first kappa shape index (κ1) is 19.5. The van der Waals surface area contributed by atoms with E-state index in [4.69, 9.17) is 14.2 Å². The minimum atomic E-state index is 0.564. The van der Waals surface area contributed by atoms with Crippen LogP contribution in [0.15, 0.2) is 29.3 Å². The van der Waals surface area contributed by atoms with Gasteiger partial charge in [0.05, 0.1) is 26.9 Å². The summed E-state index contributed by atoms with van der Waals surface area (Å²) in [6, 6.07) is 8.19. The van der Waals surface area contributed by atoms with E-state index in [9.17, 15) is 0 Å². The van der Waals surface area contributed by atoms with Gasteiger partial charge in [-0.2, -0.15) is 0 Å². The fourth-order valence-corrected chi connectivity index (χ4v) is 3.03. The van der Waals surface area contributed by atoms with Crippen LogP contribution in [-0.4, -0.2) is 71.6 Å². The van der Waals surface area contributed by atoms with Gasteiger partial charge in [-0.15, -0.1) is 0 Å². The van der Waals surface area contributed by atoms with E-state index in [-0.39, 0.29) is 0 Å². The minimum absolute atomic E-state index is 0.564. The fourth-order valence-electron chi connectivity index (χ4n) is 3.03. The van der Waals surface area contributed by atoms with Crippen LogP contribution < -0.4 is 10.1 Å². The molecule has 25 heavy (non-hydrogen) atoms. The first-order valence-electron chi connectivity index (χ1n) is 8.92. The summed E-state index contributed by atoms with van der Waals surface area (Å²) < 4.78 is 15.9. The maximum Gasteiger partial charge on any atom is 0.193 e. The monoisotopic (exact) mass is 349 g/mol. The van der Waals surface area contributed by atoms with E-state index in [1.807, 2.05) is 19.2 Å². The van der Waals surface area contributed by atoms with Crippen molar-refractivity contribution in [3.63, 3.8) is 0 Å². The fraction of sp³-hybridized carbons (Fsp3) is 0.632. The Labute approximate surface area is 151 Å². The van der Waals surface area contributed by atoms with E-state index in [0.717, 1.165) is 50.8 Å². The highest BCUT2D eigenvalue weighted by molar-refractivity contribution is 5.80. The van der Waals surface area contributed by atoms with E-state index in [0.29, 0.717) is 19.1 Å². The Hall–Kier alpha value is -1.79. The van der Waals surface area contributed by atoms with Crippen molar-refractivity contribution in [2.24, 2.45) is 10.9 Å². The van der Waals surface area contributed by atoms with Crippen LogP contribution in [0.25, 0.3) is 0 Å². The van der Waals surface area contributed by atoms with Gasteiger partial charge in [-0.3, -0.25) is 4.99 Å². The summed E-state index contributed by atoms with van der Waals surface area (Å²) in [6.07, 6.45) is 2.08. The first-order valence-corrected chi connectivity index (χ1v) is 8.92. The lowest BCUT2D eigenvalue weighted by atomic mass is 10.1. The number of benzene rings is 1. The second-order valence-corrected chi connectivity index (χ2v) is 6.24. The van der Waals surface area contributed by atoms with Gasteiger partial charge in [0.25, 0.3) is 0 Å². The summed E-state index contributed by atoms with van der Waals surface area (Å²) in [5.41, 5.74) is 1.26. The lowest BCUT2D eigenvalue weighted by molar-refractivity contribution is 0.0536. The number of hydrogen-bond acceptors (Lipinski definition) is 4. The standard InChI is InChI=1S/C19H31N3O3/c1-20-19(21-9-7-16-5-4-6-18(13-16)24-3)22-10-8-17(14-22)15-25-12-11-23-2/h4-6,13,17H,7-12,14-15H2,1-3H3,(H,20,21). The number of nitrogens with zero attached hydrogens (tertiary/aromatic N) is 2. The quantitative estimate of drug-likeness (QED) is 0.419. The third-order valence-corrected chi connectivity index (χ3v) is 4.41. The van der Waals surface area contributed by atoms with Crippen LogP contribution in [0, 0.1) is 5.92 Å². The van der Waals surface area contributed by atoms with E-state index in [1.54, 1.807) is 14.2 Å². The molecule has 1 N–H and O–H groups in total. The van der Waals surface area contributed by atoms with Crippen molar-refractivity contribution >= 4 is 5.96 Å². The summed E-state index contributed by atoms with van der Waals surface area (Å²) >= 11 is 0. The Balaban J connectivity index is 1.71. The number of nitrogens with one attached hydrogen (secondary N) is 1. The van der Waals surface area contributed by atoms with Crippen molar-refractivity contribution < 1.29 is 14.2 Å². The molecule has 0 spiro atoms. The van der Waals surface area contributed by atoms with Gasteiger partial charge in [-0.25, -0.2) is 0 Å². The predicted molar refractivity (Wildman–Crippen MR) is 100 cm³/mol. The summed E-state index contributed by atoms with van der Waals surface area (Å²) in [5, 5.41) is 3.47. The zero-order chi connectivity index (χ0) is 17.9. The molecule has 0 radical (unpaired) electrons. The number of hydrogen-bond donors (Lipinski definition) is 1. The van der Waals surface area contributed by atoms with Crippen molar-refractivity contribution in [2.45, 2.75) is 12.8 Å². The molecule has 1 atom stereocenters. The Morgan fingerprint density at radius 1 is 1.32 bits per heavy atom. The summed E-state index contributed by atoms with van der Waals surface area (Å²) in [5.74, 6) is 2.44. The van der Waals surface area contributed by atoms with Gasteiger partial charge in [-0.05, 0) is 30.5 Å². The maximum atomic E-state index is 5.66. The molecule has 2 rings (SSSR count). The molecule has 1 heterocycles. The molecule has 1 aliphatic rings. The molecule has 1 aromatic carbocycles. The van der Waals surface area contributed by atoms with Crippen LogP contribution in [-0.2, 0) is 15.9 Å². The number of aliphatic imine (C=N–C) groups is 1. The molecule has 0 amide bonds. The molecular formula is C19H31N3O3. The molecule has 6 heteroatoms. The smallest absolute Gasteiger partial charge is 0.193 e. The molecule has 0 bridgehead atoms. The molecule has 1 unspecified atom stereocenters. The molecule has 0 saturated carbocycles. The molecule has 140 valence electrons. The van der Waals surface area contributed by atoms with Crippen molar-refractivity contribution in [1.29, 1.82) is 0 Å². The molecular weight excluding hydrogens is 318 g/mol. The van der Waals surface area contributed by atoms with Crippen LogP contribution in [0.1, 0.15) is 12.0 Å². The minimum Gasteiger partial charge on any atom is -0.497 e. The second kappa shape index (κ2) is 10.9. The number of rotatable bonds is 9. The van der Waals surface area contributed by atoms with Crippen LogP contribution in [0.3, 0.4) is 0 Å². The van der Waals surface area contributed by atoms with Crippen LogP contribution >= 0.6 is 0 Å².